The van der Waals surface area contributed by atoms with Crippen LogP contribution in [0.5, 0.6) is 0 Å². The van der Waals surface area contributed by atoms with E-state index < -0.39 is 5.97 Å². The van der Waals surface area contributed by atoms with Crippen LogP contribution in [0.4, 0.5) is 0 Å². The highest BCUT2D eigenvalue weighted by atomic mass is 17.2. The van der Waals surface area contributed by atoms with Crippen LogP contribution < -0.4 is 0 Å². The second-order valence-corrected chi connectivity index (χ2v) is 5.87. The van der Waals surface area contributed by atoms with Gasteiger partial charge in [0.1, 0.15) is 0 Å². The molecule has 0 N–H and O–H groups in total. The molecule has 115 valence electrons. The smallest absolute Gasteiger partial charge is 0.292 e. The Morgan fingerprint density at radius 1 is 1.24 bits per heavy atom. The number of carbonyl (C=O) groups excluding carboxylic acids is 1. The highest BCUT2D eigenvalue weighted by Gasteiger charge is 2.25. The minimum atomic E-state index is -0.415. The van der Waals surface area contributed by atoms with Gasteiger partial charge in [0, 0.05) is 0 Å². The van der Waals surface area contributed by atoms with Gasteiger partial charge in [0.15, 0.2) is 6.10 Å². The van der Waals surface area contributed by atoms with Crippen molar-refractivity contribution in [3.63, 3.8) is 0 Å². The first-order valence-corrected chi connectivity index (χ1v) is 8.04. The maximum Gasteiger partial charge on any atom is 0.373 e. The predicted octanol–water partition coefficient (Wildman–Crippen LogP) is 4.86. The van der Waals surface area contributed by atoms with E-state index in [1.54, 1.807) is 0 Å². The molecule has 1 aromatic rings. The fourth-order valence-electron chi connectivity index (χ4n) is 2.61. The Bertz CT molecular complexity index is 438. The number of carbonyl (C=O) groups is 1. The molecule has 0 bridgehead atoms. The van der Waals surface area contributed by atoms with Crippen molar-refractivity contribution in [2.75, 3.05) is 0 Å². The van der Waals surface area contributed by atoms with Gasteiger partial charge in [-0.25, -0.2) is 4.79 Å². The first-order chi connectivity index (χ1) is 10.2. The molecule has 1 unspecified atom stereocenters. The van der Waals surface area contributed by atoms with Gasteiger partial charge in [0.05, 0.1) is 5.56 Å². The standard InChI is InChI=1S/C18H25O3/c1-3-4-8-15-10-12-16(13-11-15)18(19)21-20-17-9-6-5-7-14(17)2/h10-14H,3-9H2,1-2H3. The van der Waals surface area contributed by atoms with Crippen molar-refractivity contribution in [3.05, 3.63) is 41.5 Å². The van der Waals surface area contributed by atoms with Crippen LogP contribution in [0.2, 0.25) is 0 Å². The van der Waals surface area contributed by atoms with Crippen LogP contribution in [-0.2, 0) is 16.2 Å². The van der Waals surface area contributed by atoms with Crippen LogP contribution in [0.25, 0.3) is 0 Å². The van der Waals surface area contributed by atoms with E-state index >= 15 is 0 Å². The predicted molar refractivity (Wildman–Crippen MR) is 82.4 cm³/mol. The maximum absolute atomic E-state index is 12.0. The molecule has 0 saturated heterocycles. The van der Waals surface area contributed by atoms with Crippen molar-refractivity contribution < 1.29 is 14.6 Å². The molecule has 0 aromatic heterocycles. The third-order valence-corrected chi connectivity index (χ3v) is 4.09. The van der Waals surface area contributed by atoms with Crippen molar-refractivity contribution in [1.82, 2.24) is 0 Å². The molecule has 1 aliphatic carbocycles. The molecule has 1 atom stereocenters. The second-order valence-electron chi connectivity index (χ2n) is 5.87. The van der Waals surface area contributed by atoms with Gasteiger partial charge in [-0.3, -0.25) is 4.89 Å². The van der Waals surface area contributed by atoms with Gasteiger partial charge in [-0.1, -0.05) is 45.2 Å². The average molecular weight is 289 g/mol. The lowest BCUT2D eigenvalue weighted by Crippen LogP contribution is -2.19. The van der Waals surface area contributed by atoms with E-state index in [2.05, 4.69) is 13.8 Å². The highest BCUT2D eigenvalue weighted by molar-refractivity contribution is 5.88. The van der Waals surface area contributed by atoms with Crippen molar-refractivity contribution in [2.45, 2.75) is 58.8 Å². The molecule has 0 aliphatic heterocycles. The first kappa shape index (κ1) is 16.0. The van der Waals surface area contributed by atoms with Gasteiger partial charge in [-0.05, 0) is 49.3 Å². The summed E-state index contributed by atoms with van der Waals surface area (Å²) in [5.74, 6) is -0.0368. The molecule has 1 fully saturated rings. The Hall–Kier alpha value is -1.35. The van der Waals surface area contributed by atoms with Gasteiger partial charge in [-0.2, -0.15) is 4.89 Å². The summed E-state index contributed by atoms with van der Waals surface area (Å²) in [5.41, 5.74) is 1.80. The summed E-state index contributed by atoms with van der Waals surface area (Å²) in [6, 6.07) is 7.60. The van der Waals surface area contributed by atoms with E-state index in [1.807, 2.05) is 24.3 Å². The van der Waals surface area contributed by atoms with Crippen LogP contribution in [0.3, 0.4) is 0 Å². The normalized spacial score (nSPS) is 19.4. The zero-order valence-electron chi connectivity index (χ0n) is 13.1. The lowest BCUT2D eigenvalue weighted by molar-refractivity contribution is -0.246. The average Bonchev–Trinajstić information content (AvgIpc) is 2.52. The zero-order valence-corrected chi connectivity index (χ0v) is 13.1. The SMILES string of the molecule is CCCCc1ccc(C(=O)OO[C]2CCCCC2C)cc1. The summed E-state index contributed by atoms with van der Waals surface area (Å²) in [7, 11) is 0. The van der Waals surface area contributed by atoms with Gasteiger partial charge in [0.25, 0.3) is 0 Å². The Balaban J connectivity index is 1.82. The summed E-state index contributed by atoms with van der Waals surface area (Å²) < 4.78 is 0. The Kier molecular flexibility index (Phi) is 6.24. The second kappa shape index (κ2) is 8.18. The third-order valence-electron chi connectivity index (χ3n) is 4.09. The van der Waals surface area contributed by atoms with Crippen LogP contribution in [0.15, 0.2) is 24.3 Å². The number of hydrogen-bond acceptors (Lipinski definition) is 3. The fraction of sp³-hybridized carbons (Fsp3) is 0.556. The summed E-state index contributed by atoms with van der Waals surface area (Å²) in [5, 5.41) is 0. The maximum atomic E-state index is 12.0. The van der Waals surface area contributed by atoms with Crippen LogP contribution in [-0.4, -0.2) is 5.97 Å². The number of rotatable bonds is 6. The molecule has 0 heterocycles. The van der Waals surface area contributed by atoms with E-state index in [0.29, 0.717) is 11.5 Å². The van der Waals surface area contributed by atoms with Gasteiger partial charge >= 0.3 is 5.97 Å². The van der Waals surface area contributed by atoms with E-state index in [0.717, 1.165) is 31.8 Å². The van der Waals surface area contributed by atoms with Gasteiger partial charge in [-0.15, -0.1) is 0 Å². The quantitative estimate of drug-likeness (QED) is 0.554. The monoisotopic (exact) mass is 289 g/mol. The highest BCUT2D eigenvalue weighted by Crippen LogP contribution is 2.32. The molecule has 0 amide bonds. The molecule has 3 nitrogen and oxygen atoms in total. The van der Waals surface area contributed by atoms with E-state index in [4.69, 9.17) is 9.78 Å². The van der Waals surface area contributed by atoms with Crippen molar-refractivity contribution in [1.29, 1.82) is 0 Å². The lowest BCUT2D eigenvalue weighted by atomic mass is 9.88. The molecule has 1 saturated carbocycles. The third kappa shape index (κ3) is 4.85. The molecule has 3 heteroatoms. The number of unbranched alkanes of at least 4 members (excludes halogenated alkanes) is 1. The Morgan fingerprint density at radius 2 is 2.00 bits per heavy atom. The molecule has 2 rings (SSSR count). The van der Waals surface area contributed by atoms with Gasteiger partial charge in [0.2, 0.25) is 0 Å². The van der Waals surface area contributed by atoms with Crippen LogP contribution in [0.1, 0.15) is 68.3 Å². The topological polar surface area (TPSA) is 35.5 Å². The molecule has 1 radical (unpaired) electrons. The van der Waals surface area contributed by atoms with Crippen molar-refractivity contribution in [2.24, 2.45) is 5.92 Å². The summed E-state index contributed by atoms with van der Waals surface area (Å²) in [6.07, 6.45) is 8.64. The van der Waals surface area contributed by atoms with Gasteiger partial charge < -0.3 is 0 Å². The van der Waals surface area contributed by atoms with Crippen LogP contribution in [0, 0.1) is 12.0 Å². The zero-order chi connectivity index (χ0) is 15.1. The molecular formula is C18H25O3. The molecular weight excluding hydrogens is 264 g/mol. The molecule has 1 aromatic carbocycles. The summed E-state index contributed by atoms with van der Waals surface area (Å²) in [4.78, 5) is 22.2. The minimum absolute atomic E-state index is 0.378. The summed E-state index contributed by atoms with van der Waals surface area (Å²) in [6.45, 7) is 4.29. The van der Waals surface area contributed by atoms with E-state index in [-0.39, 0.29) is 0 Å². The largest absolute Gasteiger partial charge is 0.373 e. The number of aryl methyl sites for hydroxylation is 1. The molecule has 1 aliphatic rings. The van der Waals surface area contributed by atoms with Crippen molar-refractivity contribution in [3.8, 4) is 0 Å². The van der Waals surface area contributed by atoms with Crippen LogP contribution >= 0.6 is 0 Å². The Labute approximate surface area is 127 Å². The lowest BCUT2D eigenvalue weighted by Gasteiger charge is -2.25. The first-order valence-electron chi connectivity index (χ1n) is 8.04. The number of benzene rings is 1. The molecule has 21 heavy (non-hydrogen) atoms. The number of hydrogen-bond donors (Lipinski definition) is 0. The van der Waals surface area contributed by atoms with Crippen molar-refractivity contribution >= 4 is 5.97 Å². The van der Waals surface area contributed by atoms with E-state index in [1.165, 1.54) is 24.8 Å². The Morgan fingerprint density at radius 3 is 2.67 bits per heavy atom. The fourth-order valence-corrected chi connectivity index (χ4v) is 2.61. The molecule has 0 spiro atoms. The van der Waals surface area contributed by atoms with E-state index in [9.17, 15) is 4.79 Å². The summed E-state index contributed by atoms with van der Waals surface area (Å²) >= 11 is 0. The minimum Gasteiger partial charge on any atom is -0.292 e.